The molecule has 90 valence electrons. The Morgan fingerprint density at radius 3 is 2.81 bits per heavy atom. The number of ether oxygens (including phenoxy) is 1. The van der Waals surface area contributed by atoms with Crippen LogP contribution in [0, 0.1) is 0 Å². The first-order valence-electron chi connectivity index (χ1n) is 5.59. The Bertz CT molecular complexity index is 336. The molecule has 1 aromatic heterocycles. The first kappa shape index (κ1) is 12.8. The Morgan fingerprint density at radius 1 is 1.50 bits per heavy atom. The second-order valence-electron chi connectivity index (χ2n) is 3.57. The maximum atomic E-state index is 11.3. The van der Waals surface area contributed by atoms with E-state index in [9.17, 15) is 4.79 Å². The summed E-state index contributed by atoms with van der Waals surface area (Å²) in [5, 5.41) is 3.82. The number of carbonyl (C=O) groups is 1. The second-order valence-corrected chi connectivity index (χ2v) is 3.57. The summed E-state index contributed by atoms with van der Waals surface area (Å²) >= 11 is 0. The molecule has 16 heavy (non-hydrogen) atoms. The highest BCUT2D eigenvalue weighted by Crippen LogP contribution is 2.18. The maximum absolute atomic E-state index is 11.3. The third kappa shape index (κ3) is 3.41. The van der Waals surface area contributed by atoms with Crippen LogP contribution in [0.1, 0.15) is 44.8 Å². The smallest absolute Gasteiger partial charge is 0.237 e. The number of nitrogens with zero attached hydrogens (tertiary/aromatic N) is 2. The van der Waals surface area contributed by atoms with E-state index in [0.717, 1.165) is 0 Å². The molecule has 0 aliphatic rings. The van der Waals surface area contributed by atoms with Gasteiger partial charge in [-0.15, -0.1) is 0 Å². The van der Waals surface area contributed by atoms with E-state index in [2.05, 4.69) is 10.1 Å². The Labute approximate surface area is 95.2 Å². The van der Waals surface area contributed by atoms with Gasteiger partial charge >= 0.3 is 0 Å². The molecule has 0 aliphatic heterocycles. The van der Waals surface area contributed by atoms with Crippen LogP contribution in [0.5, 0.6) is 0 Å². The zero-order valence-corrected chi connectivity index (χ0v) is 10.0. The van der Waals surface area contributed by atoms with Gasteiger partial charge in [0.2, 0.25) is 5.89 Å². The zero-order chi connectivity index (χ0) is 12.0. The van der Waals surface area contributed by atoms with Gasteiger partial charge in [0.1, 0.15) is 5.78 Å². The highest BCUT2D eigenvalue weighted by atomic mass is 16.5. The van der Waals surface area contributed by atoms with Crippen molar-refractivity contribution >= 4 is 5.78 Å². The lowest BCUT2D eigenvalue weighted by molar-refractivity contribution is -0.119. The number of Topliss-reactive ketones (excluding diaryl/α,β-unsaturated/α-hetero) is 1. The summed E-state index contributed by atoms with van der Waals surface area (Å²) in [6, 6.07) is 0. The van der Waals surface area contributed by atoms with Crippen molar-refractivity contribution in [2.45, 2.75) is 39.5 Å². The number of carbonyl (C=O) groups excluding carboxylic acids is 1. The van der Waals surface area contributed by atoms with Gasteiger partial charge in [0.25, 0.3) is 0 Å². The summed E-state index contributed by atoms with van der Waals surface area (Å²) < 4.78 is 10.3. The van der Waals surface area contributed by atoms with Gasteiger partial charge in [0, 0.05) is 13.0 Å². The van der Waals surface area contributed by atoms with Crippen LogP contribution < -0.4 is 0 Å². The molecule has 1 heterocycles. The molecule has 0 aliphatic carbocycles. The minimum Gasteiger partial charge on any atom is -0.381 e. The molecule has 0 spiro atoms. The summed E-state index contributed by atoms with van der Waals surface area (Å²) in [5.41, 5.74) is 0. The van der Waals surface area contributed by atoms with Gasteiger partial charge in [-0.1, -0.05) is 12.1 Å². The predicted molar refractivity (Wildman–Crippen MR) is 58.2 cm³/mol. The van der Waals surface area contributed by atoms with Gasteiger partial charge in [0.15, 0.2) is 5.82 Å². The molecule has 1 unspecified atom stereocenters. The quantitative estimate of drug-likeness (QED) is 0.662. The zero-order valence-electron chi connectivity index (χ0n) is 10.0. The van der Waals surface area contributed by atoms with E-state index < -0.39 is 0 Å². The van der Waals surface area contributed by atoms with Crippen molar-refractivity contribution in [2.75, 3.05) is 13.2 Å². The third-order valence-electron chi connectivity index (χ3n) is 2.35. The van der Waals surface area contributed by atoms with Gasteiger partial charge in [-0.3, -0.25) is 4.79 Å². The van der Waals surface area contributed by atoms with Crippen LogP contribution in [-0.4, -0.2) is 29.1 Å². The number of hydrogen-bond donors (Lipinski definition) is 0. The number of aromatic nitrogens is 2. The fraction of sp³-hybridized carbons (Fsp3) is 0.727. The fourth-order valence-electron chi connectivity index (χ4n) is 1.45. The van der Waals surface area contributed by atoms with Gasteiger partial charge in [-0.2, -0.15) is 4.98 Å². The van der Waals surface area contributed by atoms with Crippen LogP contribution in [0.15, 0.2) is 4.52 Å². The molecule has 1 atom stereocenters. The van der Waals surface area contributed by atoms with Crippen LogP contribution in [0.3, 0.4) is 0 Å². The van der Waals surface area contributed by atoms with E-state index in [0.29, 0.717) is 37.8 Å². The average Bonchev–Trinajstić information content (AvgIpc) is 2.67. The lowest BCUT2D eigenvalue weighted by Gasteiger charge is -2.03. The highest BCUT2D eigenvalue weighted by molar-refractivity contribution is 5.82. The summed E-state index contributed by atoms with van der Waals surface area (Å²) in [4.78, 5) is 15.5. The summed E-state index contributed by atoms with van der Waals surface area (Å²) in [6.07, 6.45) is 1.30. The Balaban J connectivity index is 2.59. The largest absolute Gasteiger partial charge is 0.381 e. The molecule has 5 heteroatoms. The Morgan fingerprint density at radius 2 is 2.25 bits per heavy atom. The molecule has 5 nitrogen and oxygen atoms in total. The predicted octanol–water partition coefficient (Wildman–Crippen LogP) is 1.73. The molecule has 0 N–H and O–H groups in total. The van der Waals surface area contributed by atoms with Gasteiger partial charge in [0.05, 0.1) is 12.5 Å². The van der Waals surface area contributed by atoms with Crippen molar-refractivity contribution in [3.05, 3.63) is 11.7 Å². The van der Waals surface area contributed by atoms with E-state index in [1.807, 2.05) is 13.8 Å². The maximum Gasteiger partial charge on any atom is 0.237 e. The summed E-state index contributed by atoms with van der Waals surface area (Å²) in [7, 11) is 0. The van der Waals surface area contributed by atoms with Crippen LogP contribution in [0.2, 0.25) is 0 Å². The minimum atomic E-state index is -0.270. The molecular formula is C11H18N2O3. The van der Waals surface area contributed by atoms with Crippen LogP contribution in [0.4, 0.5) is 0 Å². The van der Waals surface area contributed by atoms with E-state index in [4.69, 9.17) is 9.26 Å². The van der Waals surface area contributed by atoms with Crippen molar-refractivity contribution in [3.63, 3.8) is 0 Å². The number of rotatable bonds is 7. The number of ketones is 1. The monoisotopic (exact) mass is 226 g/mol. The van der Waals surface area contributed by atoms with E-state index in [1.54, 1.807) is 0 Å². The van der Waals surface area contributed by atoms with Crippen molar-refractivity contribution in [3.8, 4) is 0 Å². The normalized spacial score (nSPS) is 12.7. The van der Waals surface area contributed by atoms with Crippen molar-refractivity contribution in [1.29, 1.82) is 0 Å². The highest BCUT2D eigenvalue weighted by Gasteiger charge is 2.21. The molecule has 0 saturated heterocycles. The van der Waals surface area contributed by atoms with Gasteiger partial charge in [-0.05, 0) is 20.3 Å². The topological polar surface area (TPSA) is 65.2 Å². The SMILES string of the molecule is CCOCCc1noc(C(CC)C(C)=O)n1. The molecule has 0 bridgehead atoms. The Kier molecular flexibility index (Phi) is 5.11. The van der Waals surface area contributed by atoms with Gasteiger partial charge in [-0.25, -0.2) is 0 Å². The first-order valence-corrected chi connectivity index (χ1v) is 5.59. The van der Waals surface area contributed by atoms with Crippen molar-refractivity contribution < 1.29 is 14.1 Å². The standard InChI is InChI=1S/C11H18N2O3/c1-4-9(8(3)14)11-12-10(13-16-11)6-7-15-5-2/h9H,4-7H2,1-3H3. The van der Waals surface area contributed by atoms with E-state index in [-0.39, 0.29) is 11.7 Å². The summed E-state index contributed by atoms with van der Waals surface area (Å²) in [6.45, 7) is 6.65. The third-order valence-corrected chi connectivity index (χ3v) is 2.35. The van der Waals surface area contributed by atoms with E-state index in [1.165, 1.54) is 6.92 Å². The summed E-state index contributed by atoms with van der Waals surface area (Å²) in [5.74, 6) is 0.806. The second kappa shape index (κ2) is 6.37. The average molecular weight is 226 g/mol. The van der Waals surface area contributed by atoms with Gasteiger partial charge < -0.3 is 9.26 Å². The van der Waals surface area contributed by atoms with Crippen LogP contribution in [0.25, 0.3) is 0 Å². The fourth-order valence-corrected chi connectivity index (χ4v) is 1.45. The van der Waals surface area contributed by atoms with Crippen LogP contribution >= 0.6 is 0 Å². The molecule has 0 radical (unpaired) electrons. The molecule has 1 aromatic rings. The lowest BCUT2D eigenvalue weighted by Crippen LogP contribution is -2.08. The molecule has 0 fully saturated rings. The molecular weight excluding hydrogens is 208 g/mol. The molecule has 0 saturated carbocycles. The lowest BCUT2D eigenvalue weighted by atomic mass is 10.0. The number of hydrogen-bond acceptors (Lipinski definition) is 5. The minimum absolute atomic E-state index is 0.0579. The Hall–Kier alpha value is -1.23. The van der Waals surface area contributed by atoms with Crippen molar-refractivity contribution in [2.24, 2.45) is 0 Å². The molecule has 1 rings (SSSR count). The molecule has 0 aromatic carbocycles. The van der Waals surface area contributed by atoms with E-state index >= 15 is 0 Å². The van der Waals surface area contributed by atoms with Crippen LogP contribution in [-0.2, 0) is 16.0 Å². The molecule has 0 amide bonds. The van der Waals surface area contributed by atoms with Crippen molar-refractivity contribution in [1.82, 2.24) is 10.1 Å². The first-order chi connectivity index (χ1) is 7.69.